The SMILES string of the molecule is COCCOC(C)(C)CCOC(C)C. The quantitative estimate of drug-likeness (QED) is 0.567. The fourth-order valence-electron chi connectivity index (χ4n) is 1.01. The number of ether oxygens (including phenoxy) is 3. The van der Waals surface area contributed by atoms with Crippen LogP contribution in [-0.4, -0.2) is 38.6 Å². The lowest BCUT2D eigenvalue weighted by molar-refractivity contribution is -0.0616. The Kier molecular flexibility index (Phi) is 7.15. The van der Waals surface area contributed by atoms with Crippen LogP contribution in [0.1, 0.15) is 34.1 Å². The number of methoxy groups -OCH3 is 1. The maximum atomic E-state index is 5.65. The van der Waals surface area contributed by atoms with Crippen molar-refractivity contribution in [3.05, 3.63) is 0 Å². The normalized spacial score (nSPS) is 12.4. The van der Waals surface area contributed by atoms with Crippen LogP contribution in [0, 0.1) is 0 Å². The first-order valence-electron chi connectivity index (χ1n) is 5.22. The molecule has 3 heteroatoms. The van der Waals surface area contributed by atoms with Crippen molar-refractivity contribution in [1.29, 1.82) is 0 Å². The van der Waals surface area contributed by atoms with Gasteiger partial charge in [-0.05, 0) is 34.1 Å². The fourth-order valence-corrected chi connectivity index (χ4v) is 1.01. The molecule has 0 bridgehead atoms. The summed E-state index contributed by atoms with van der Waals surface area (Å²) >= 11 is 0. The zero-order valence-electron chi connectivity index (χ0n) is 10.1. The Morgan fingerprint density at radius 3 is 2.21 bits per heavy atom. The van der Waals surface area contributed by atoms with Gasteiger partial charge >= 0.3 is 0 Å². The molecule has 0 amide bonds. The molecule has 0 radical (unpaired) electrons. The summed E-state index contributed by atoms with van der Waals surface area (Å²) in [5, 5.41) is 0. The van der Waals surface area contributed by atoms with Crippen molar-refractivity contribution in [2.24, 2.45) is 0 Å². The maximum absolute atomic E-state index is 5.65. The molecule has 0 saturated carbocycles. The van der Waals surface area contributed by atoms with Gasteiger partial charge in [0.05, 0.1) is 24.9 Å². The molecule has 0 heterocycles. The molecule has 0 aromatic rings. The Labute approximate surface area is 87.7 Å². The summed E-state index contributed by atoms with van der Waals surface area (Å²) in [4.78, 5) is 0. The van der Waals surface area contributed by atoms with Gasteiger partial charge in [-0.15, -0.1) is 0 Å². The second-order valence-electron chi connectivity index (χ2n) is 4.27. The van der Waals surface area contributed by atoms with Gasteiger partial charge < -0.3 is 14.2 Å². The molecular weight excluding hydrogens is 180 g/mol. The Hall–Kier alpha value is -0.120. The van der Waals surface area contributed by atoms with E-state index in [1.165, 1.54) is 0 Å². The molecule has 0 aliphatic heterocycles. The van der Waals surface area contributed by atoms with Crippen LogP contribution >= 0.6 is 0 Å². The molecule has 0 fully saturated rings. The Balaban J connectivity index is 3.50. The highest BCUT2D eigenvalue weighted by Crippen LogP contribution is 2.14. The second-order valence-corrected chi connectivity index (χ2v) is 4.27. The highest BCUT2D eigenvalue weighted by Gasteiger charge is 2.17. The third-order valence-electron chi connectivity index (χ3n) is 1.94. The molecule has 0 rings (SSSR count). The van der Waals surface area contributed by atoms with Crippen LogP contribution < -0.4 is 0 Å². The van der Waals surface area contributed by atoms with Crippen LogP contribution in [0.25, 0.3) is 0 Å². The van der Waals surface area contributed by atoms with Crippen LogP contribution in [0.15, 0.2) is 0 Å². The predicted molar refractivity (Wildman–Crippen MR) is 57.6 cm³/mol. The summed E-state index contributed by atoms with van der Waals surface area (Å²) in [7, 11) is 1.68. The van der Waals surface area contributed by atoms with Crippen molar-refractivity contribution < 1.29 is 14.2 Å². The van der Waals surface area contributed by atoms with Crippen molar-refractivity contribution in [3.63, 3.8) is 0 Å². The molecule has 0 aliphatic carbocycles. The van der Waals surface area contributed by atoms with E-state index >= 15 is 0 Å². The zero-order chi connectivity index (χ0) is 11.0. The average molecular weight is 204 g/mol. The van der Waals surface area contributed by atoms with Crippen molar-refractivity contribution in [2.75, 3.05) is 26.9 Å². The minimum atomic E-state index is -0.118. The van der Waals surface area contributed by atoms with Gasteiger partial charge in [0.15, 0.2) is 0 Å². The van der Waals surface area contributed by atoms with Crippen molar-refractivity contribution in [1.82, 2.24) is 0 Å². The lowest BCUT2D eigenvalue weighted by atomic mass is 10.1. The molecule has 0 saturated heterocycles. The van der Waals surface area contributed by atoms with Crippen LogP contribution in [0.4, 0.5) is 0 Å². The van der Waals surface area contributed by atoms with Gasteiger partial charge in [-0.1, -0.05) is 0 Å². The summed E-state index contributed by atoms with van der Waals surface area (Å²) in [6, 6.07) is 0. The van der Waals surface area contributed by atoms with Gasteiger partial charge in [-0.25, -0.2) is 0 Å². The summed E-state index contributed by atoms with van der Waals surface area (Å²) in [5.41, 5.74) is -0.118. The number of rotatable bonds is 8. The lowest BCUT2D eigenvalue weighted by Gasteiger charge is -2.25. The van der Waals surface area contributed by atoms with Crippen molar-refractivity contribution in [2.45, 2.75) is 45.8 Å². The smallest absolute Gasteiger partial charge is 0.0707 e. The molecule has 0 aliphatic rings. The molecule has 0 aromatic carbocycles. The topological polar surface area (TPSA) is 27.7 Å². The minimum absolute atomic E-state index is 0.118. The highest BCUT2D eigenvalue weighted by molar-refractivity contribution is 4.68. The van der Waals surface area contributed by atoms with Crippen LogP contribution in [0.3, 0.4) is 0 Å². The van der Waals surface area contributed by atoms with Crippen LogP contribution in [0.5, 0.6) is 0 Å². The van der Waals surface area contributed by atoms with Crippen LogP contribution in [-0.2, 0) is 14.2 Å². The number of hydrogen-bond acceptors (Lipinski definition) is 3. The van der Waals surface area contributed by atoms with Gasteiger partial charge in [0, 0.05) is 13.7 Å². The van der Waals surface area contributed by atoms with E-state index in [0.717, 1.165) is 13.0 Å². The summed E-state index contributed by atoms with van der Waals surface area (Å²) < 4.78 is 16.0. The molecular formula is C11H24O3. The highest BCUT2D eigenvalue weighted by atomic mass is 16.5. The molecule has 14 heavy (non-hydrogen) atoms. The summed E-state index contributed by atoms with van der Waals surface area (Å²) in [6.45, 7) is 10.3. The van der Waals surface area contributed by atoms with Gasteiger partial charge in [0.1, 0.15) is 0 Å². The number of hydrogen-bond donors (Lipinski definition) is 0. The van der Waals surface area contributed by atoms with E-state index in [1.807, 2.05) is 13.8 Å². The molecule has 86 valence electrons. The van der Waals surface area contributed by atoms with Gasteiger partial charge in [-0.3, -0.25) is 0 Å². The molecule has 0 N–H and O–H groups in total. The third-order valence-corrected chi connectivity index (χ3v) is 1.94. The van der Waals surface area contributed by atoms with Crippen molar-refractivity contribution in [3.8, 4) is 0 Å². The van der Waals surface area contributed by atoms with E-state index in [-0.39, 0.29) is 5.60 Å². The summed E-state index contributed by atoms with van der Waals surface area (Å²) in [6.07, 6.45) is 1.21. The van der Waals surface area contributed by atoms with E-state index in [2.05, 4.69) is 13.8 Å². The average Bonchev–Trinajstić information content (AvgIpc) is 2.03. The molecule has 0 spiro atoms. The van der Waals surface area contributed by atoms with Gasteiger partial charge in [-0.2, -0.15) is 0 Å². The van der Waals surface area contributed by atoms with E-state index in [9.17, 15) is 0 Å². The first-order valence-corrected chi connectivity index (χ1v) is 5.22. The third kappa shape index (κ3) is 8.48. The van der Waals surface area contributed by atoms with Crippen molar-refractivity contribution >= 4 is 0 Å². The Bertz CT molecular complexity index is 132. The first kappa shape index (κ1) is 13.9. The minimum Gasteiger partial charge on any atom is -0.382 e. The molecule has 0 aromatic heterocycles. The Morgan fingerprint density at radius 1 is 1.07 bits per heavy atom. The second kappa shape index (κ2) is 7.21. The molecule has 3 nitrogen and oxygen atoms in total. The summed E-state index contributed by atoms with van der Waals surface area (Å²) in [5.74, 6) is 0. The zero-order valence-corrected chi connectivity index (χ0v) is 10.1. The maximum Gasteiger partial charge on any atom is 0.0707 e. The Morgan fingerprint density at radius 2 is 1.71 bits per heavy atom. The van der Waals surface area contributed by atoms with Gasteiger partial charge in [0.2, 0.25) is 0 Å². The molecule has 0 unspecified atom stereocenters. The standard InChI is InChI=1S/C11H24O3/c1-10(2)13-7-6-11(3,4)14-9-8-12-5/h10H,6-9H2,1-5H3. The first-order chi connectivity index (χ1) is 6.48. The van der Waals surface area contributed by atoms with E-state index in [1.54, 1.807) is 7.11 Å². The largest absolute Gasteiger partial charge is 0.382 e. The van der Waals surface area contributed by atoms with Gasteiger partial charge in [0.25, 0.3) is 0 Å². The molecule has 0 atom stereocenters. The van der Waals surface area contributed by atoms with Crippen LogP contribution in [0.2, 0.25) is 0 Å². The lowest BCUT2D eigenvalue weighted by Crippen LogP contribution is -2.28. The van der Waals surface area contributed by atoms with E-state index in [0.29, 0.717) is 19.3 Å². The fraction of sp³-hybridized carbons (Fsp3) is 1.00. The predicted octanol–water partition coefficient (Wildman–Crippen LogP) is 2.24. The van der Waals surface area contributed by atoms with E-state index < -0.39 is 0 Å². The van der Waals surface area contributed by atoms with E-state index in [4.69, 9.17) is 14.2 Å². The monoisotopic (exact) mass is 204 g/mol.